The van der Waals surface area contributed by atoms with Gasteiger partial charge in [-0.2, -0.15) is 0 Å². The Morgan fingerprint density at radius 3 is 0.855 bits per heavy atom. The maximum Gasteiger partial charge on any atom is 0.306 e. The molecule has 0 fully saturated rings. The molecule has 0 bridgehead atoms. The lowest BCUT2D eigenvalue weighted by molar-refractivity contribution is -0.161. The first kappa shape index (κ1) is 72.0. The molecule has 5 heteroatoms. The molecular formula is C71H118O5. The first-order valence-corrected chi connectivity index (χ1v) is 31.7. The largest absolute Gasteiger partial charge is 0.462 e. The Bertz CT molecular complexity index is 1570. The number of ether oxygens (including phenoxy) is 2. The molecule has 0 spiro atoms. The number of aliphatic hydroxyl groups is 1. The van der Waals surface area contributed by atoms with Crippen LogP contribution in [0.3, 0.4) is 0 Å². The Morgan fingerprint density at radius 1 is 0.316 bits per heavy atom. The Morgan fingerprint density at radius 2 is 0.566 bits per heavy atom. The minimum atomic E-state index is -0.787. The van der Waals surface area contributed by atoms with Gasteiger partial charge in [-0.1, -0.05) is 289 Å². The van der Waals surface area contributed by atoms with E-state index >= 15 is 0 Å². The third-order valence-corrected chi connectivity index (χ3v) is 13.4. The van der Waals surface area contributed by atoms with Crippen molar-refractivity contribution in [1.82, 2.24) is 0 Å². The topological polar surface area (TPSA) is 72.8 Å². The van der Waals surface area contributed by atoms with E-state index in [1.807, 2.05) is 0 Å². The van der Waals surface area contributed by atoms with Crippen LogP contribution in [0.4, 0.5) is 0 Å². The fraction of sp³-hybridized carbons (Fsp3) is 0.662. The minimum absolute atomic E-state index is 0.0759. The molecule has 0 aliphatic heterocycles. The van der Waals surface area contributed by atoms with Gasteiger partial charge in [-0.15, -0.1) is 0 Å². The number of rotatable bonds is 57. The normalized spacial score (nSPS) is 13.1. The van der Waals surface area contributed by atoms with Gasteiger partial charge in [-0.25, -0.2) is 0 Å². The standard InChI is InChI=1S/C71H118O5/c1-3-5-7-9-11-13-15-17-19-21-23-25-27-29-31-33-34-35-36-38-40-42-44-46-48-50-52-54-56-58-60-62-64-66-71(74)76-69(67-72)68-75-70(73)65-63-61-59-57-55-53-51-49-47-45-43-41-39-37-32-30-28-26-24-22-20-18-16-14-12-10-8-6-4-2/h5,7,11,13,16-19,22-25,28-31,34-35,38,40,44,46,69,72H,3-4,6,8-10,12,14-15,20-21,26-27,32-33,36-37,39,41-43,45,47-68H2,1-2H3/b7-5-,13-11-,18-16-,19-17-,24-22-,25-23-,30-28-,31-29-,35-34-,40-38-,46-44-. The zero-order chi connectivity index (χ0) is 54.8. The van der Waals surface area contributed by atoms with E-state index in [-0.39, 0.29) is 25.2 Å². The summed E-state index contributed by atoms with van der Waals surface area (Å²) in [5, 5.41) is 9.68. The lowest BCUT2D eigenvalue weighted by atomic mass is 10.0. The number of unbranched alkanes of at least 4 members (excludes halogenated alkanes) is 27. The first-order chi connectivity index (χ1) is 37.6. The summed E-state index contributed by atoms with van der Waals surface area (Å²) in [6.45, 7) is 4.02. The molecule has 0 amide bonds. The summed E-state index contributed by atoms with van der Waals surface area (Å²) in [5.41, 5.74) is 0. The molecule has 0 aliphatic rings. The van der Waals surface area contributed by atoms with Crippen molar-refractivity contribution in [2.45, 2.75) is 290 Å². The molecule has 1 atom stereocenters. The molecule has 0 rings (SSSR count). The van der Waals surface area contributed by atoms with Crippen LogP contribution >= 0.6 is 0 Å². The molecule has 0 aromatic carbocycles. The molecule has 0 aromatic heterocycles. The predicted octanol–water partition coefficient (Wildman–Crippen LogP) is 22.0. The predicted molar refractivity (Wildman–Crippen MR) is 334 cm³/mol. The van der Waals surface area contributed by atoms with Gasteiger partial charge in [0.2, 0.25) is 0 Å². The fourth-order valence-corrected chi connectivity index (χ4v) is 8.70. The maximum absolute atomic E-state index is 12.3. The number of carbonyl (C=O) groups excluding carboxylic acids is 2. The molecule has 0 saturated heterocycles. The second-order valence-electron chi connectivity index (χ2n) is 20.8. The molecule has 432 valence electrons. The van der Waals surface area contributed by atoms with Crippen LogP contribution in [0, 0.1) is 0 Å². The molecule has 0 aromatic rings. The second kappa shape index (κ2) is 65.3. The number of esters is 2. The van der Waals surface area contributed by atoms with Crippen LogP contribution in [0.1, 0.15) is 284 Å². The van der Waals surface area contributed by atoms with Gasteiger partial charge in [-0.3, -0.25) is 9.59 Å². The van der Waals surface area contributed by atoms with Crippen LogP contribution < -0.4 is 0 Å². The van der Waals surface area contributed by atoms with Crippen LogP contribution in [0.15, 0.2) is 134 Å². The zero-order valence-corrected chi connectivity index (χ0v) is 49.5. The highest BCUT2D eigenvalue weighted by Gasteiger charge is 2.16. The minimum Gasteiger partial charge on any atom is -0.462 e. The molecule has 0 saturated carbocycles. The lowest BCUT2D eigenvalue weighted by Crippen LogP contribution is -2.28. The van der Waals surface area contributed by atoms with E-state index in [1.165, 1.54) is 148 Å². The van der Waals surface area contributed by atoms with E-state index < -0.39 is 6.10 Å². The van der Waals surface area contributed by atoms with Crippen molar-refractivity contribution in [3.63, 3.8) is 0 Å². The van der Waals surface area contributed by atoms with E-state index in [9.17, 15) is 14.7 Å². The quantitative estimate of drug-likeness (QED) is 0.0373. The number of hydrogen-bond donors (Lipinski definition) is 1. The number of aliphatic hydroxyl groups excluding tert-OH is 1. The maximum atomic E-state index is 12.3. The molecule has 0 radical (unpaired) electrons. The van der Waals surface area contributed by atoms with Crippen molar-refractivity contribution in [3.05, 3.63) is 134 Å². The third-order valence-electron chi connectivity index (χ3n) is 13.4. The van der Waals surface area contributed by atoms with E-state index in [2.05, 4.69) is 148 Å². The van der Waals surface area contributed by atoms with Gasteiger partial charge in [0.05, 0.1) is 6.61 Å². The van der Waals surface area contributed by atoms with E-state index in [1.54, 1.807) is 0 Å². The highest BCUT2D eigenvalue weighted by molar-refractivity contribution is 5.70. The van der Waals surface area contributed by atoms with Crippen LogP contribution in [-0.4, -0.2) is 36.4 Å². The van der Waals surface area contributed by atoms with E-state index in [0.717, 1.165) is 109 Å². The fourth-order valence-electron chi connectivity index (χ4n) is 8.70. The first-order valence-electron chi connectivity index (χ1n) is 31.7. The van der Waals surface area contributed by atoms with Crippen molar-refractivity contribution < 1.29 is 24.2 Å². The van der Waals surface area contributed by atoms with Crippen molar-refractivity contribution in [2.24, 2.45) is 0 Å². The van der Waals surface area contributed by atoms with Gasteiger partial charge in [0.25, 0.3) is 0 Å². The van der Waals surface area contributed by atoms with Crippen LogP contribution in [0.2, 0.25) is 0 Å². The van der Waals surface area contributed by atoms with Crippen molar-refractivity contribution in [1.29, 1.82) is 0 Å². The Labute approximate surface area is 470 Å². The summed E-state index contributed by atoms with van der Waals surface area (Å²) in [6, 6.07) is 0. The second-order valence-corrected chi connectivity index (χ2v) is 20.8. The van der Waals surface area contributed by atoms with Gasteiger partial charge >= 0.3 is 11.9 Å². The van der Waals surface area contributed by atoms with E-state index in [4.69, 9.17) is 9.47 Å². The number of hydrogen-bond acceptors (Lipinski definition) is 5. The van der Waals surface area contributed by atoms with Gasteiger partial charge in [-0.05, 0) is 116 Å². The van der Waals surface area contributed by atoms with Gasteiger partial charge in [0.15, 0.2) is 6.10 Å². The molecule has 76 heavy (non-hydrogen) atoms. The summed E-state index contributed by atoms with van der Waals surface area (Å²) in [5.74, 6) is -0.602. The summed E-state index contributed by atoms with van der Waals surface area (Å²) in [7, 11) is 0. The van der Waals surface area contributed by atoms with Gasteiger partial charge < -0.3 is 14.6 Å². The van der Waals surface area contributed by atoms with Gasteiger partial charge in [0.1, 0.15) is 6.61 Å². The average Bonchev–Trinajstić information content (AvgIpc) is 3.42. The highest BCUT2D eigenvalue weighted by atomic mass is 16.6. The average molecular weight is 1050 g/mol. The lowest BCUT2D eigenvalue weighted by Gasteiger charge is -2.15. The Balaban J connectivity index is 3.55. The van der Waals surface area contributed by atoms with Crippen molar-refractivity contribution >= 4 is 11.9 Å². The molecule has 0 heterocycles. The highest BCUT2D eigenvalue weighted by Crippen LogP contribution is 2.16. The molecule has 1 unspecified atom stereocenters. The van der Waals surface area contributed by atoms with Crippen molar-refractivity contribution in [3.8, 4) is 0 Å². The third kappa shape index (κ3) is 62.6. The number of allylic oxidation sites excluding steroid dienone is 22. The molecule has 5 nitrogen and oxygen atoms in total. The monoisotopic (exact) mass is 1050 g/mol. The van der Waals surface area contributed by atoms with Crippen LogP contribution in [-0.2, 0) is 19.1 Å². The zero-order valence-electron chi connectivity index (χ0n) is 49.5. The summed E-state index contributed by atoms with van der Waals surface area (Å²) >= 11 is 0. The Kier molecular flexibility index (Phi) is 61.9. The number of carbonyl (C=O) groups is 2. The molecular weight excluding hydrogens is 933 g/mol. The van der Waals surface area contributed by atoms with Crippen LogP contribution in [0.25, 0.3) is 0 Å². The molecule has 0 aliphatic carbocycles. The summed E-state index contributed by atoms with van der Waals surface area (Å²) in [6.07, 6.45) is 97.2. The van der Waals surface area contributed by atoms with Gasteiger partial charge in [0, 0.05) is 12.8 Å². The SMILES string of the molecule is CC/C=C\C/C=C\C/C=C\C/C=C\C/C=C\C/C=C\C/C=C\C/C=C\CCCCCCCCCCC(=O)OC(CO)COC(=O)CCCCCCCCCCCCCCCC/C=C\C/C=C\C/C=C\CCCCCCC. The Hall–Kier alpha value is -3.96. The summed E-state index contributed by atoms with van der Waals surface area (Å²) < 4.78 is 10.7. The molecule has 1 N–H and O–H groups in total. The smallest absolute Gasteiger partial charge is 0.306 e. The summed E-state index contributed by atoms with van der Waals surface area (Å²) in [4.78, 5) is 24.6. The van der Waals surface area contributed by atoms with Crippen LogP contribution in [0.5, 0.6) is 0 Å². The van der Waals surface area contributed by atoms with E-state index in [0.29, 0.717) is 12.8 Å². The van der Waals surface area contributed by atoms with Crippen molar-refractivity contribution in [2.75, 3.05) is 13.2 Å².